The van der Waals surface area contributed by atoms with Gasteiger partial charge in [0.15, 0.2) is 5.78 Å². The largest absolute Gasteiger partial charge is 0.292 e. The summed E-state index contributed by atoms with van der Waals surface area (Å²) in [5.74, 6) is -0.0440. The Morgan fingerprint density at radius 2 is 2.33 bits per heavy atom. The zero-order valence-corrected chi connectivity index (χ0v) is 8.99. The molecule has 0 bridgehead atoms. The minimum absolute atomic E-state index is 0.0440. The lowest BCUT2D eigenvalue weighted by molar-refractivity contribution is 0.0988. The number of hydrogen-bond acceptors (Lipinski definition) is 5. The first-order chi connectivity index (χ1) is 7.25. The number of Topliss-reactive ketones (excluding diaryl/α,β-unsaturated/α-hetero) is 1. The van der Waals surface area contributed by atoms with Crippen LogP contribution in [0.4, 0.5) is 0 Å². The maximum Gasteiger partial charge on any atom is 0.189 e. The van der Waals surface area contributed by atoms with Crippen LogP contribution in [-0.4, -0.2) is 20.7 Å². The smallest absolute Gasteiger partial charge is 0.189 e. The summed E-state index contributed by atoms with van der Waals surface area (Å²) in [5.41, 5.74) is 1.34. The molecule has 0 aliphatic rings. The van der Waals surface area contributed by atoms with Gasteiger partial charge in [0.25, 0.3) is 0 Å². The molecule has 0 aromatic carbocycles. The predicted molar refractivity (Wildman–Crippen MR) is 56.9 cm³/mol. The van der Waals surface area contributed by atoms with Gasteiger partial charge in [-0.05, 0) is 6.92 Å². The van der Waals surface area contributed by atoms with Gasteiger partial charge in [0.05, 0.1) is 12.6 Å². The van der Waals surface area contributed by atoms with E-state index in [1.807, 2.05) is 12.3 Å². The van der Waals surface area contributed by atoms with Crippen molar-refractivity contribution in [1.29, 1.82) is 0 Å². The van der Waals surface area contributed by atoms with E-state index in [1.54, 1.807) is 6.20 Å². The van der Waals surface area contributed by atoms with Crippen molar-refractivity contribution < 1.29 is 4.79 Å². The maximum atomic E-state index is 11.7. The maximum absolute atomic E-state index is 11.7. The van der Waals surface area contributed by atoms with E-state index >= 15 is 0 Å². The molecule has 2 aromatic heterocycles. The molecule has 15 heavy (non-hydrogen) atoms. The molecular formula is C10H9N3OS. The van der Waals surface area contributed by atoms with Gasteiger partial charge in [-0.15, -0.1) is 11.3 Å². The highest BCUT2D eigenvalue weighted by molar-refractivity contribution is 7.09. The first kappa shape index (κ1) is 9.92. The highest BCUT2D eigenvalue weighted by Crippen LogP contribution is 2.11. The van der Waals surface area contributed by atoms with Gasteiger partial charge in [0, 0.05) is 23.5 Å². The highest BCUT2D eigenvalue weighted by atomic mass is 32.1. The Balaban J connectivity index is 2.11. The lowest BCUT2D eigenvalue weighted by Gasteiger charge is -1.95. The first-order valence-electron chi connectivity index (χ1n) is 4.46. The number of thiazole rings is 1. The van der Waals surface area contributed by atoms with Gasteiger partial charge in [-0.3, -0.25) is 9.78 Å². The third kappa shape index (κ3) is 2.44. The van der Waals surface area contributed by atoms with Gasteiger partial charge in [-0.2, -0.15) is 0 Å². The van der Waals surface area contributed by atoms with Gasteiger partial charge in [0.2, 0.25) is 0 Å². The van der Waals surface area contributed by atoms with Gasteiger partial charge in [-0.1, -0.05) is 0 Å². The van der Waals surface area contributed by atoms with E-state index in [4.69, 9.17) is 0 Å². The molecule has 4 nitrogen and oxygen atoms in total. The number of aromatic nitrogens is 3. The summed E-state index contributed by atoms with van der Waals surface area (Å²) in [6, 6.07) is 0. The van der Waals surface area contributed by atoms with Crippen molar-refractivity contribution >= 4 is 17.1 Å². The summed E-state index contributed by atoms with van der Waals surface area (Å²) >= 11 is 1.49. The third-order valence-electron chi connectivity index (χ3n) is 1.83. The molecule has 0 unspecified atom stereocenters. The molecule has 0 N–H and O–H groups in total. The topological polar surface area (TPSA) is 55.7 Å². The molecule has 0 spiro atoms. The lowest BCUT2D eigenvalue weighted by atomic mass is 10.2. The Bertz CT molecular complexity index is 467. The summed E-state index contributed by atoms with van der Waals surface area (Å²) in [4.78, 5) is 23.7. The average molecular weight is 219 g/mol. The second-order valence-corrected chi connectivity index (χ2v) is 4.02. The normalized spacial score (nSPS) is 10.2. The summed E-state index contributed by atoms with van der Waals surface area (Å²) in [7, 11) is 0. The van der Waals surface area contributed by atoms with Gasteiger partial charge < -0.3 is 0 Å². The van der Waals surface area contributed by atoms with Crippen LogP contribution in [0.15, 0.2) is 24.0 Å². The van der Waals surface area contributed by atoms with Crippen LogP contribution in [0.3, 0.4) is 0 Å². The molecule has 5 heteroatoms. The van der Waals surface area contributed by atoms with E-state index < -0.39 is 0 Å². The fraction of sp³-hybridized carbons (Fsp3) is 0.200. The van der Waals surface area contributed by atoms with Gasteiger partial charge >= 0.3 is 0 Å². The van der Waals surface area contributed by atoms with Gasteiger partial charge in [-0.25, -0.2) is 9.97 Å². The molecular weight excluding hydrogens is 210 g/mol. The monoisotopic (exact) mass is 219 g/mol. The van der Waals surface area contributed by atoms with E-state index in [1.165, 1.54) is 23.7 Å². The van der Waals surface area contributed by atoms with E-state index in [2.05, 4.69) is 15.0 Å². The second-order valence-electron chi connectivity index (χ2n) is 3.07. The van der Waals surface area contributed by atoms with Gasteiger partial charge in [0.1, 0.15) is 10.7 Å². The molecule has 0 fully saturated rings. The van der Waals surface area contributed by atoms with Crippen LogP contribution >= 0.6 is 11.3 Å². The molecule has 0 aliphatic carbocycles. The number of nitrogens with zero attached hydrogens (tertiary/aromatic N) is 3. The average Bonchev–Trinajstić information content (AvgIpc) is 2.65. The van der Waals surface area contributed by atoms with Crippen LogP contribution in [0.2, 0.25) is 0 Å². The molecule has 0 saturated heterocycles. The van der Waals surface area contributed by atoms with Crippen LogP contribution in [-0.2, 0) is 6.42 Å². The van der Waals surface area contributed by atoms with Crippen molar-refractivity contribution in [3.05, 3.63) is 40.4 Å². The predicted octanol–water partition coefficient (Wildman–Crippen LogP) is 1.67. The van der Waals surface area contributed by atoms with Crippen LogP contribution in [0.1, 0.15) is 21.2 Å². The highest BCUT2D eigenvalue weighted by Gasteiger charge is 2.10. The summed E-state index contributed by atoms with van der Waals surface area (Å²) in [6.07, 6.45) is 4.84. The molecule has 2 rings (SSSR count). The SMILES string of the molecule is Cc1csc(CC(=O)c2cnccn2)n1. The molecule has 0 amide bonds. The van der Waals surface area contributed by atoms with Crippen molar-refractivity contribution in [3.8, 4) is 0 Å². The number of carbonyl (C=O) groups excluding carboxylic acids is 1. The Kier molecular flexibility index (Phi) is 2.82. The Morgan fingerprint density at radius 3 is 2.93 bits per heavy atom. The Labute approximate surface area is 91.0 Å². The minimum atomic E-state index is -0.0440. The molecule has 76 valence electrons. The molecule has 2 heterocycles. The molecule has 0 atom stereocenters. The van der Waals surface area contributed by atoms with Crippen LogP contribution in [0, 0.1) is 6.92 Å². The van der Waals surface area contributed by atoms with Crippen molar-refractivity contribution in [3.63, 3.8) is 0 Å². The van der Waals surface area contributed by atoms with Crippen LogP contribution in [0.5, 0.6) is 0 Å². The summed E-state index contributed by atoms with van der Waals surface area (Å²) in [6.45, 7) is 1.91. The zero-order valence-electron chi connectivity index (χ0n) is 8.17. The fourth-order valence-corrected chi connectivity index (χ4v) is 1.93. The minimum Gasteiger partial charge on any atom is -0.292 e. The molecule has 0 saturated carbocycles. The lowest BCUT2D eigenvalue weighted by Crippen LogP contribution is -2.05. The van der Waals surface area contributed by atoms with Crippen molar-refractivity contribution in [2.75, 3.05) is 0 Å². The number of carbonyl (C=O) groups is 1. The van der Waals surface area contributed by atoms with Crippen LogP contribution in [0.25, 0.3) is 0 Å². The summed E-state index contributed by atoms with van der Waals surface area (Å²) < 4.78 is 0. The fourth-order valence-electron chi connectivity index (χ4n) is 1.15. The molecule has 0 radical (unpaired) electrons. The number of hydrogen-bond donors (Lipinski definition) is 0. The van der Waals surface area contributed by atoms with Crippen LogP contribution < -0.4 is 0 Å². The number of rotatable bonds is 3. The Morgan fingerprint density at radius 1 is 1.47 bits per heavy atom. The second kappa shape index (κ2) is 4.27. The van der Waals surface area contributed by atoms with Crippen molar-refractivity contribution in [1.82, 2.24) is 15.0 Å². The first-order valence-corrected chi connectivity index (χ1v) is 5.34. The quantitative estimate of drug-likeness (QED) is 0.737. The number of ketones is 1. The third-order valence-corrected chi connectivity index (χ3v) is 2.79. The van der Waals surface area contributed by atoms with Crippen molar-refractivity contribution in [2.45, 2.75) is 13.3 Å². The van der Waals surface area contributed by atoms with E-state index in [0.29, 0.717) is 12.1 Å². The molecule has 2 aromatic rings. The van der Waals surface area contributed by atoms with E-state index in [9.17, 15) is 4.79 Å². The Hall–Kier alpha value is -1.62. The van der Waals surface area contributed by atoms with Crippen molar-refractivity contribution in [2.24, 2.45) is 0 Å². The van der Waals surface area contributed by atoms with E-state index in [-0.39, 0.29) is 5.78 Å². The molecule has 0 aliphatic heterocycles. The standard InChI is InChI=1S/C10H9N3OS/c1-7-6-15-10(13-7)4-9(14)8-5-11-2-3-12-8/h2-3,5-6H,4H2,1H3. The summed E-state index contributed by atoms with van der Waals surface area (Å²) in [5, 5.41) is 2.75. The zero-order chi connectivity index (χ0) is 10.7. The number of aryl methyl sites for hydroxylation is 1. The van der Waals surface area contributed by atoms with E-state index in [0.717, 1.165) is 10.7 Å².